The van der Waals surface area contributed by atoms with Crippen molar-refractivity contribution in [3.05, 3.63) is 47.3 Å². The van der Waals surface area contributed by atoms with Crippen molar-refractivity contribution in [2.24, 2.45) is 0 Å². The summed E-state index contributed by atoms with van der Waals surface area (Å²) in [6.07, 6.45) is 0. The highest BCUT2D eigenvalue weighted by molar-refractivity contribution is 5.07. The first-order valence-corrected chi connectivity index (χ1v) is 7.67. The van der Waals surface area contributed by atoms with Crippen LogP contribution >= 0.6 is 0 Å². The van der Waals surface area contributed by atoms with Crippen LogP contribution in [0.5, 0.6) is 0 Å². The number of hydrogen-bond acceptors (Lipinski definition) is 4. The second kappa shape index (κ2) is 6.08. The first-order valence-electron chi connectivity index (χ1n) is 7.67. The number of furan rings is 2. The van der Waals surface area contributed by atoms with E-state index in [1.165, 1.54) is 0 Å². The van der Waals surface area contributed by atoms with Crippen molar-refractivity contribution in [2.75, 3.05) is 19.6 Å². The molecule has 114 valence electrons. The smallest absolute Gasteiger partial charge is 0.118 e. The molecule has 3 heterocycles. The summed E-state index contributed by atoms with van der Waals surface area (Å²) in [6.45, 7) is 11.3. The first kappa shape index (κ1) is 14.4. The fourth-order valence-electron chi connectivity index (χ4n) is 3.01. The van der Waals surface area contributed by atoms with E-state index in [2.05, 4.69) is 28.9 Å². The third-order valence-corrected chi connectivity index (χ3v) is 4.18. The van der Waals surface area contributed by atoms with Gasteiger partial charge in [-0.05, 0) is 45.0 Å². The van der Waals surface area contributed by atoms with Gasteiger partial charge in [0.25, 0.3) is 0 Å². The Hall–Kier alpha value is -1.52. The summed E-state index contributed by atoms with van der Waals surface area (Å²) in [7, 11) is 0. The molecule has 0 unspecified atom stereocenters. The number of hydrogen-bond donors (Lipinski definition) is 0. The number of rotatable bonds is 4. The Labute approximate surface area is 126 Å². The third-order valence-electron chi connectivity index (χ3n) is 4.18. The average Bonchev–Trinajstić information content (AvgIpc) is 3.02. The van der Waals surface area contributed by atoms with Crippen molar-refractivity contribution in [1.29, 1.82) is 0 Å². The molecule has 0 saturated carbocycles. The van der Waals surface area contributed by atoms with E-state index in [-0.39, 0.29) is 0 Å². The maximum atomic E-state index is 5.69. The van der Waals surface area contributed by atoms with E-state index >= 15 is 0 Å². The molecule has 1 saturated heterocycles. The quantitative estimate of drug-likeness (QED) is 0.865. The van der Waals surface area contributed by atoms with Crippen molar-refractivity contribution < 1.29 is 8.83 Å². The van der Waals surface area contributed by atoms with E-state index in [9.17, 15) is 0 Å². The molecule has 0 bridgehead atoms. The molecule has 0 radical (unpaired) electrons. The van der Waals surface area contributed by atoms with Gasteiger partial charge in [0, 0.05) is 25.7 Å². The maximum Gasteiger partial charge on any atom is 0.118 e. The van der Waals surface area contributed by atoms with E-state index in [0.29, 0.717) is 6.04 Å². The predicted octanol–water partition coefficient (Wildman–Crippen LogP) is 3.20. The topological polar surface area (TPSA) is 32.8 Å². The Morgan fingerprint density at radius 1 is 0.952 bits per heavy atom. The van der Waals surface area contributed by atoms with E-state index < -0.39 is 0 Å². The van der Waals surface area contributed by atoms with Crippen LogP contribution in [0.4, 0.5) is 0 Å². The minimum absolute atomic E-state index is 0.528. The summed E-state index contributed by atoms with van der Waals surface area (Å²) in [5.74, 6) is 4.11. The fraction of sp³-hybridized carbons (Fsp3) is 0.529. The zero-order valence-electron chi connectivity index (χ0n) is 13.1. The third kappa shape index (κ3) is 3.57. The molecule has 1 atom stereocenters. The SMILES string of the molecule is Cc1ccc(CN2CCN(Cc3ccc(C)o3)[C@@H](C)C2)o1. The molecule has 0 N–H and O–H groups in total. The molecule has 1 aliphatic rings. The molecule has 1 fully saturated rings. The monoisotopic (exact) mass is 288 g/mol. The lowest BCUT2D eigenvalue weighted by molar-refractivity contribution is 0.0640. The average molecular weight is 288 g/mol. The van der Waals surface area contributed by atoms with Gasteiger partial charge in [-0.15, -0.1) is 0 Å². The van der Waals surface area contributed by atoms with Crippen molar-refractivity contribution in [1.82, 2.24) is 9.80 Å². The van der Waals surface area contributed by atoms with E-state index in [1.54, 1.807) is 0 Å². The van der Waals surface area contributed by atoms with Crippen molar-refractivity contribution >= 4 is 0 Å². The van der Waals surface area contributed by atoms with Crippen LogP contribution in [-0.2, 0) is 13.1 Å². The zero-order chi connectivity index (χ0) is 14.8. The number of aryl methyl sites for hydroxylation is 2. The molecule has 0 aromatic carbocycles. The number of piperazine rings is 1. The fourth-order valence-corrected chi connectivity index (χ4v) is 3.01. The Morgan fingerprint density at radius 2 is 1.57 bits per heavy atom. The summed E-state index contributed by atoms with van der Waals surface area (Å²) >= 11 is 0. The molecule has 2 aromatic rings. The van der Waals surface area contributed by atoms with Crippen molar-refractivity contribution in [3.8, 4) is 0 Å². The zero-order valence-corrected chi connectivity index (χ0v) is 13.1. The second-order valence-corrected chi connectivity index (χ2v) is 6.08. The van der Waals surface area contributed by atoms with Crippen LogP contribution in [0.25, 0.3) is 0 Å². The first-order chi connectivity index (χ1) is 10.1. The summed E-state index contributed by atoms with van der Waals surface area (Å²) in [4.78, 5) is 4.95. The molecule has 2 aromatic heterocycles. The van der Waals surface area contributed by atoms with Gasteiger partial charge in [0.15, 0.2) is 0 Å². The van der Waals surface area contributed by atoms with Crippen molar-refractivity contribution in [3.63, 3.8) is 0 Å². The molecule has 3 rings (SSSR count). The molecule has 0 amide bonds. The molecule has 4 nitrogen and oxygen atoms in total. The minimum atomic E-state index is 0.528. The molecule has 21 heavy (non-hydrogen) atoms. The van der Waals surface area contributed by atoms with Gasteiger partial charge in [0.05, 0.1) is 13.1 Å². The maximum absolute atomic E-state index is 5.69. The lowest BCUT2D eigenvalue weighted by Gasteiger charge is -2.39. The van der Waals surface area contributed by atoms with E-state index in [1.807, 2.05) is 26.0 Å². The highest BCUT2D eigenvalue weighted by atomic mass is 16.3. The Kier molecular flexibility index (Phi) is 4.17. The summed E-state index contributed by atoms with van der Waals surface area (Å²) in [6, 6.07) is 8.77. The van der Waals surface area contributed by atoms with E-state index in [4.69, 9.17) is 8.83 Å². The lowest BCUT2D eigenvalue weighted by atomic mass is 10.1. The lowest BCUT2D eigenvalue weighted by Crippen LogP contribution is -2.50. The van der Waals surface area contributed by atoms with Crippen LogP contribution in [0.3, 0.4) is 0 Å². The Balaban J connectivity index is 1.54. The van der Waals surface area contributed by atoms with Gasteiger partial charge in [0.1, 0.15) is 23.0 Å². The summed E-state index contributed by atoms with van der Waals surface area (Å²) < 4.78 is 11.4. The van der Waals surface area contributed by atoms with Crippen molar-refractivity contribution in [2.45, 2.75) is 39.9 Å². The molecular formula is C17H24N2O2. The summed E-state index contributed by atoms with van der Waals surface area (Å²) in [5, 5.41) is 0. The molecular weight excluding hydrogens is 264 g/mol. The highest BCUT2D eigenvalue weighted by Gasteiger charge is 2.24. The largest absolute Gasteiger partial charge is 0.465 e. The van der Waals surface area contributed by atoms with Gasteiger partial charge in [-0.3, -0.25) is 9.80 Å². The molecule has 4 heteroatoms. The highest BCUT2D eigenvalue weighted by Crippen LogP contribution is 2.18. The van der Waals surface area contributed by atoms with Crippen LogP contribution in [0, 0.1) is 13.8 Å². The normalized spacial score (nSPS) is 21.0. The molecule has 0 aliphatic carbocycles. The van der Waals surface area contributed by atoms with Gasteiger partial charge in [-0.2, -0.15) is 0 Å². The van der Waals surface area contributed by atoms with Gasteiger partial charge in [0.2, 0.25) is 0 Å². The second-order valence-electron chi connectivity index (χ2n) is 6.08. The van der Waals surface area contributed by atoms with Crippen LogP contribution in [0.15, 0.2) is 33.1 Å². The minimum Gasteiger partial charge on any atom is -0.465 e. The predicted molar refractivity (Wildman–Crippen MR) is 82.0 cm³/mol. The molecule has 0 spiro atoms. The van der Waals surface area contributed by atoms with Crippen LogP contribution in [-0.4, -0.2) is 35.5 Å². The van der Waals surface area contributed by atoms with Crippen LogP contribution < -0.4 is 0 Å². The molecule has 1 aliphatic heterocycles. The van der Waals surface area contributed by atoms with Crippen LogP contribution in [0.2, 0.25) is 0 Å². The standard InChI is InChI=1S/C17H24N2O2/c1-13-10-18(11-16-6-4-14(2)20-16)8-9-19(13)12-17-7-5-15(3)21-17/h4-7,13H,8-12H2,1-3H3/t13-/m0/s1. The van der Waals surface area contributed by atoms with Gasteiger partial charge < -0.3 is 8.83 Å². The Bertz CT molecular complexity index is 587. The van der Waals surface area contributed by atoms with Gasteiger partial charge in [-0.1, -0.05) is 0 Å². The van der Waals surface area contributed by atoms with Gasteiger partial charge >= 0.3 is 0 Å². The van der Waals surface area contributed by atoms with Crippen LogP contribution in [0.1, 0.15) is 30.0 Å². The summed E-state index contributed by atoms with van der Waals surface area (Å²) in [5.41, 5.74) is 0. The number of nitrogens with zero attached hydrogens (tertiary/aromatic N) is 2. The Morgan fingerprint density at radius 3 is 2.10 bits per heavy atom. The van der Waals surface area contributed by atoms with Gasteiger partial charge in [-0.25, -0.2) is 0 Å². The van der Waals surface area contributed by atoms with E-state index in [0.717, 1.165) is 55.8 Å².